The standard InChI is InChI=1S/C10H19NO5S/c1-16-5-2-6-17(14,15)11-9-4-3-8(7-9)10(12)13/h8-9,11H,2-7H2,1H3,(H,12,13)/t8-,9+/m1/s1. The van der Waals surface area contributed by atoms with Gasteiger partial charge in [-0.3, -0.25) is 4.79 Å². The molecule has 0 spiro atoms. The average Bonchev–Trinajstić information content (AvgIpc) is 2.65. The summed E-state index contributed by atoms with van der Waals surface area (Å²) < 4.78 is 30.6. The summed E-state index contributed by atoms with van der Waals surface area (Å²) in [5, 5.41) is 8.81. The summed E-state index contributed by atoms with van der Waals surface area (Å²) in [6.45, 7) is 0.406. The normalized spacial score (nSPS) is 25.0. The van der Waals surface area contributed by atoms with E-state index in [0.29, 0.717) is 32.3 Å². The molecule has 1 saturated carbocycles. The van der Waals surface area contributed by atoms with Gasteiger partial charge in [0, 0.05) is 19.8 Å². The second-order valence-electron chi connectivity index (χ2n) is 4.33. The summed E-state index contributed by atoms with van der Waals surface area (Å²) in [6.07, 6.45) is 1.97. The fourth-order valence-corrected chi connectivity index (χ4v) is 3.36. The van der Waals surface area contributed by atoms with Crippen molar-refractivity contribution in [2.75, 3.05) is 19.5 Å². The zero-order valence-corrected chi connectivity index (χ0v) is 10.7. The number of nitrogens with one attached hydrogen (secondary N) is 1. The molecular formula is C10H19NO5S. The first-order chi connectivity index (χ1) is 7.94. The molecule has 17 heavy (non-hydrogen) atoms. The molecule has 2 N–H and O–H groups in total. The maximum absolute atomic E-state index is 11.6. The summed E-state index contributed by atoms with van der Waals surface area (Å²) in [4.78, 5) is 10.7. The van der Waals surface area contributed by atoms with Gasteiger partial charge in [0.1, 0.15) is 0 Å². The first kappa shape index (κ1) is 14.4. The van der Waals surface area contributed by atoms with Gasteiger partial charge in [0.05, 0.1) is 11.7 Å². The van der Waals surface area contributed by atoms with E-state index < -0.39 is 21.9 Å². The van der Waals surface area contributed by atoms with Crippen LogP contribution >= 0.6 is 0 Å². The van der Waals surface area contributed by atoms with Gasteiger partial charge in [0.25, 0.3) is 0 Å². The van der Waals surface area contributed by atoms with Crippen LogP contribution in [0.15, 0.2) is 0 Å². The largest absolute Gasteiger partial charge is 0.481 e. The summed E-state index contributed by atoms with van der Waals surface area (Å²) in [7, 11) is -1.79. The Bertz CT molecular complexity index is 354. The predicted octanol–water partition coefficient (Wildman–Crippen LogP) is 0.196. The number of sulfonamides is 1. The smallest absolute Gasteiger partial charge is 0.306 e. The van der Waals surface area contributed by atoms with Crippen LogP contribution in [0.2, 0.25) is 0 Å². The molecule has 100 valence electrons. The van der Waals surface area contributed by atoms with E-state index in [1.54, 1.807) is 0 Å². The quantitative estimate of drug-likeness (QED) is 0.641. The van der Waals surface area contributed by atoms with Crippen molar-refractivity contribution in [3.63, 3.8) is 0 Å². The van der Waals surface area contributed by atoms with Crippen molar-refractivity contribution in [3.8, 4) is 0 Å². The minimum atomic E-state index is -3.31. The third kappa shape index (κ3) is 5.01. The molecule has 1 rings (SSSR count). The Hall–Kier alpha value is -0.660. The molecule has 0 heterocycles. The van der Waals surface area contributed by atoms with Crippen LogP contribution < -0.4 is 4.72 Å². The molecule has 0 radical (unpaired) electrons. The first-order valence-corrected chi connectivity index (χ1v) is 7.31. The number of hydrogen-bond acceptors (Lipinski definition) is 4. The lowest BCUT2D eigenvalue weighted by atomic mass is 10.1. The van der Waals surface area contributed by atoms with E-state index in [1.165, 1.54) is 7.11 Å². The summed E-state index contributed by atoms with van der Waals surface area (Å²) in [5.74, 6) is -1.23. The highest BCUT2D eigenvalue weighted by Crippen LogP contribution is 2.26. The lowest BCUT2D eigenvalue weighted by molar-refractivity contribution is -0.141. The molecular weight excluding hydrogens is 246 g/mol. The monoisotopic (exact) mass is 265 g/mol. The van der Waals surface area contributed by atoms with Gasteiger partial charge in [0.15, 0.2) is 0 Å². The zero-order chi connectivity index (χ0) is 12.9. The maximum Gasteiger partial charge on any atom is 0.306 e. The number of carboxylic acid groups (broad SMARTS) is 1. The first-order valence-electron chi connectivity index (χ1n) is 5.66. The van der Waals surface area contributed by atoms with Crippen LogP contribution in [0.25, 0.3) is 0 Å². The topological polar surface area (TPSA) is 92.7 Å². The molecule has 1 aliphatic carbocycles. The van der Waals surface area contributed by atoms with Gasteiger partial charge in [0.2, 0.25) is 10.0 Å². The van der Waals surface area contributed by atoms with Crippen molar-refractivity contribution in [1.29, 1.82) is 0 Å². The second-order valence-corrected chi connectivity index (χ2v) is 6.20. The Morgan fingerprint density at radius 2 is 2.18 bits per heavy atom. The van der Waals surface area contributed by atoms with Gasteiger partial charge in [-0.2, -0.15) is 0 Å². The van der Waals surface area contributed by atoms with Crippen LogP contribution in [0.4, 0.5) is 0 Å². The number of rotatable bonds is 7. The molecule has 2 atom stereocenters. The van der Waals surface area contributed by atoms with Crippen molar-refractivity contribution in [1.82, 2.24) is 4.72 Å². The van der Waals surface area contributed by atoms with Gasteiger partial charge >= 0.3 is 5.97 Å². The van der Waals surface area contributed by atoms with Crippen LogP contribution in [-0.2, 0) is 19.6 Å². The van der Waals surface area contributed by atoms with E-state index in [4.69, 9.17) is 9.84 Å². The lowest BCUT2D eigenvalue weighted by Crippen LogP contribution is -2.35. The predicted molar refractivity (Wildman–Crippen MR) is 62.2 cm³/mol. The highest BCUT2D eigenvalue weighted by atomic mass is 32.2. The van der Waals surface area contributed by atoms with E-state index in [9.17, 15) is 13.2 Å². The molecule has 6 nitrogen and oxygen atoms in total. The third-order valence-electron chi connectivity index (χ3n) is 2.89. The summed E-state index contributed by atoms with van der Waals surface area (Å²) >= 11 is 0. The fourth-order valence-electron chi connectivity index (χ4n) is 2.02. The Morgan fingerprint density at radius 3 is 2.71 bits per heavy atom. The molecule has 0 aromatic rings. The Labute approximate surface area is 101 Å². The Kier molecular flexibility index (Phi) is 5.35. The number of hydrogen-bond donors (Lipinski definition) is 2. The Balaban J connectivity index is 2.36. The molecule has 0 aromatic heterocycles. The van der Waals surface area contributed by atoms with Gasteiger partial charge in [-0.1, -0.05) is 0 Å². The number of ether oxygens (including phenoxy) is 1. The van der Waals surface area contributed by atoms with Crippen LogP contribution in [0.5, 0.6) is 0 Å². The summed E-state index contributed by atoms with van der Waals surface area (Å²) in [5.41, 5.74) is 0. The highest BCUT2D eigenvalue weighted by Gasteiger charge is 2.31. The van der Waals surface area contributed by atoms with E-state index in [0.717, 1.165) is 0 Å². The minimum absolute atomic E-state index is 0.0229. The average molecular weight is 265 g/mol. The maximum atomic E-state index is 11.6. The van der Waals surface area contributed by atoms with Crippen molar-refractivity contribution < 1.29 is 23.1 Å². The Morgan fingerprint density at radius 1 is 1.47 bits per heavy atom. The van der Waals surface area contributed by atoms with Crippen LogP contribution in [0.1, 0.15) is 25.7 Å². The molecule has 0 aliphatic heterocycles. The van der Waals surface area contributed by atoms with Gasteiger partial charge in [-0.05, 0) is 25.7 Å². The lowest BCUT2D eigenvalue weighted by Gasteiger charge is -2.12. The molecule has 1 aliphatic rings. The van der Waals surface area contributed by atoms with Crippen molar-refractivity contribution >= 4 is 16.0 Å². The highest BCUT2D eigenvalue weighted by molar-refractivity contribution is 7.89. The summed E-state index contributed by atoms with van der Waals surface area (Å²) in [6, 6.07) is -0.233. The fraction of sp³-hybridized carbons (Fsp3) is 0.900. The van der Waals surface area contributed by atoms with Gasteiger partial charge in [-0.25, -0.2) is 13.1 Å². The second kappa shape index (κ2) is 6.32. The number of carboxylic acids is 1. The molecule has 0 aromatic carbocycles. The van der Waals surface area contributed by atoms with E-state index in [-0.39, 0.29) is 11.8 Å². The van der Waals surface area contributed by atoms with Crippen molar-refractivity contribution in [2.45, 2.75) is 31.7 Å². The van der Waals surface area contributed by atoms with Crippen LogP contribution in [-0.4, -0.2) is 45.0 Å². The molecule has 0 unspecified atom stereocenters. The van der Waals surface area contributed by atoms with E-state index in [2.05, 4.69) is 4.72 Å². The molecule has 0 bridgehead atoms. The zero-order valence-electron chi connectivity index (χ0n) is 9.89. The van der Waals surface area contributed by atoms with E-state index >= 15 is 0 Å². The molecule has 7 heteroatoms. The van der Waals surface area contributed by atoms with Gasteiger partial charge in [-0.15, -0.1) is 0 Å². The van der Waals surface area contributed by atoms with E-state index in [1.807, 2.05) is 0 Å². The molecule has 0 amide bonds. The minimum Gasteiger partial charge on any atom is -0.481 e. The van der Waals surface area contributed by atoms with Crippen molar-refractivity contribution in [2.24, 2.45) is 5.92 Å². The molecule has 0 saturated heterocycles. The SMILES string of the molecule is COCCCS(=O)(=O)N[C@H]1CC[C@@H](C(=O)O)C1. The number of methoxy groups -OCH3 is 1. The molecule has 1 fully saturated rings. The third-order valence-corrected chi connectivity index (χ3v) is 4.41. The number of carbonyl (C=O) groups is 1. The van der Waals surface area contributed by atoms with Gasteiger partial charge < -0.3 is 9.84 Å². The number of aliphatic carboxylic acids is 1. The van der Waals surface area contributed by atoms with Crippen LogP contribution in [0, 0.1) is 5.92 Å². The van der Waals surface area contributed by atoms with Crippen molar-refractivity contribution in [3.05, 3.63) is 0 Å². The van der Waals surface area contributed by atoms with Crippen LogP contribution in [0.3, 0.4) is 0 Å².